The molecular formula is C40H41ClF2N8O6. The summed E-state index contributed by atoms with van der Waals surface area (Å²) in [5.41, 5.74) is 5.42. The van der Waals surface area contributed by atoms with Gasteiger partial charge in [-0.15, -0.1) is 0 Å². The van der Waals surface area contributed by atoms with Crippen molar-refractivity contribution in [3.63, 3.8) is 0 Å². The van der Waals surface area contributed by atoms with Crippen molar-refractivity contribution in [3.8, 4) is 0 Å². The normalized spacial score (nSPS) is 21.2. The van der Waals surface area contributed by atoms with Crippen molar-refractivity contribution in [1.29, 1.82) is 0 Å². The number of likely N-dealkylation sites (tertiary alicyclic amines) is 1. The maximum absolute atomic E-state index is 14.0. The molecule has 298 valence electrons. The molecule has 57 heavy (non-hydrogen) atoms. The number of aryl methyl sites for hydroxylation is 1. The van der Waals surface area contributed by atoms with Crippen LogP contribution in [0.4, 0.5) is 20.3 Å². The van der Waals surface area contributed by atoms with Crippen LogP contribution in [0.2, 0.25) is 5.02 Å². The van der Waals surface area contributed by atoms with Crippen LogP contribution in [0.25, 0.3) is 0 Å². The van der Waals surface area contributed by atoms with Crippen molar-refractivity contribution in [2.45, 2.75) is 90.0 Å². The van der Waals surface area contributed by atoms with E-state index in [1.165, 1.54) is 6.07 Å². The Morgan fingerprint density at radius 3 is 2.21 bits per heavy atom. The summed E-state index contributed by atoms with van der Waals surface area (Å²) in [4.78, 5) is 85.5. The number of rotatable bonds is 6. The SMILES string of the molecule is CC(=O)N1CCc2c(c(N3CCCc4cc(Cl)c(C(F)F)cc43)nn2C2CCN(C(=O)CN3Cc4cc5c(cc4C3)C(=O)N(C3CCC(=O)NC3=O)C5=O)CC2)C1. The highest BCUT2D eigenvalue weighted by atomic mass is 35.5. The zero-order valence-electron chi connectivity index (χ0n) is 31.4. The molecule has 0 aliphatic carbocycles. The van der Waals surface area contributed by atoms with Gasteiger partial charge in [0.05, 0.1) is 30.3 Å². The summed E-state index contributed by atoms with van der Waals surface area (Å²) in [6.45, 7) is 5.11. The van der Waals surface area contributed by atoms with E-state index in [9.17, 15) is 37.5 Å². The smallest absolute Gasteiger partial charge is 0.265 e. The van der Waals surface area contributed by atoms with Crippen LogP contribution in [0.5, 0.6) is 0 Å². The number of imide groups is 2. The van der Waals surface area contributed by atoms with Gasteiger partial charge in [-0.3, -0.25) is 48.6 Å². The predicted octanol–water partition coefficient (Wildman–Crippen LogP) is 4.04. The number of fused-ring (bicyclic) bond motifs is 4. The molecular weight excluding hydrogens is 762 g/mol. The van der Waals surface area contributed by atoms with Gasteiger partial charge in [0.25, 0.3) is 18.2 Å². The van der Waals surface area contributed by atoms with Crippen LogP contribution >= 0.6 is 11.6 Å². The lowest BCUT2D eigenvalue weighted by molar-refractivity contribution is -0.136. The van der Waals surface area contributed by atoms with Crippen molar-refractivity contribution < 1.29 is 37.5 Å². The summed E-state index contributed by atoms with van der Waals surface area (Å²) in [7, 11) is 0. The number of anilines is 2. The fourth-order valence-electron chi connectivity index (χ4n) is 9.42. The second-order valence-electron chi connectivity index (χ2n) is 15.8. The number of halogens is 3. The monoisotopic (exact) mass is 802 g/mol. The number of benzene rings is 2. The van der Waals surface area contributed by atoms with Crippen molar-refractivity contribution in [3.05, 3.63) is 73.9 Å². The lowest BCUT2D eigenvalue weighted by atomic mass is 9.98. The number of piperidine rings is 2. The third-order valence-electron chi connectivity index (χ3n) is 12.4. The molecule has 6 aliphatic heterocycles. The Bertz CT molecular complexity index is 2230. The summed E-state index contributed by atoms with van der Waals surface area (Å²) in [6.07, 6.45) is 0.847. The molecule has 17 heteroatoms. The largest absolute Gasteiger partial charge is 0.341 e. The van der Waals surface area contributed by atoms with E-state index in [4.69, 9.17) is 16.7 Å². The van der Waals surface area contributed by atoms with Crippen LogP contribution in [-0.4, -0.2) is 104 Å². The Hall–Kier alpha value is -5.22. The van der Waals surface area contributed by atoms with Gasteiger partial charge < -0.3 is 14.7 Å². The Morgan fingerprint density at radius 1 is 0.860 bits per heavy atom. The van der Waals surface area contributed by atoms with E-state index in [0.29, 0.717) is 83.0 Å². The first-order valence-corrected chi connectivity index (χ1v) is 19.8. The first-order chi connectivity index (χ1) is 27.4. The van der Waals surface area contributed by atoms with E-state index in [1.54, 1.807) is 30.0 Å². The van der Waals surface area contributed by atoms with E-state index < -0.39 is 36.1 Å². The molecule has 1 unspecified atom stereocenters. The molecule has 6 amide bonds. The fourth-order valence-corrected chi connectivity index (χ4v) is 9.69. The van der Waals surface area contributed by atoms with Crippen molar-refractivity contribution in [2.24, 2.45) is 0 Å². The Kier molecular flexibility index (Phi) is 9.38. The molecule has 9 rings (SSSR count). The highest BCUT2D eigenvalue weighted by Gasteiger charge is 2.45. The van der Waals surface area contributed by atoms with Gasteiger partial charge in [0, 0.05) is 86.6 Å². The minimum Gasteiger partial charge on any atom is -0.341 e. The van der Waals surface area contributed by atoms with E-state index in [-0.39, 0.29) is 59.0 Å². The second kappa shape index (κ2) is 14.3. The lowest BCUT2D eigenvalue weighted by Crippen LogP contribution is -2.54. The minimum absolute atomic E-state index is 0.000212. The van der Waals surface area contributed by atoms with Crippen molar-refractivity contribution in [1.82, 2.24) is 34.7 Å². The third-order valence-corrected chi connectivity index (χ3v) is 12.7. The van der Waals surface area contributed by atoms with Crippen LogP contribution < -0.4 is 10.2 Å². The molecule has 3 aromatic rings. The molecule has 1 aromatic heterocycles. The minimum atomic E-state index is -2.73. The number of aromatic nitrogens is 2. The molecule has 1 atom stereocenters. The Morgan fingerprint density at radius 2 is 1.56 bits per heavy atom. The first-order valence-electron chi connectivity index (χ1n) is 19.5. The number of hydrogen-bond donors (Lipinski definition) is 1. The summed E-state index contributed by atoms with van der Waals surface area (Å²) in [6, 6.07) is 5.46. The second-order valence-corrected chi connectivity index (χ2v) is 16.2. The number of carbonyl (C=O) groups is 6. The fraction of sp³-hybridized carbons (Fsp3) is 0.475. The molecule has 0 radical (unpaired) electrons. The standard InChI is InChI=1S/C40H41ClF2N8O6/c1-21(52)48-12-8-31-29(19-48)37(49-9-2-3-22-15-30(41)28(36(42)43)16-33(22)49)45-51(31)25-6-10-47(11-7-25)35(54)20-46-17-23-13-26-27(14-24(23)18-46)40(57)50(39(26)56)32-4-5-34(53)44-38(32)55/h13-16,25,32,36H,2-12,17-20H2,1H3,(H,44,53,55). The molecule has 2 aromatic carbocycles. The highest BCUT2D eigenvalue weighted by molar-refractivity contribution is 6.31. The van der Waals surface area contributed by atoms with E-state index in [0.717, 1.165) is 39.3 Å². The molecule has 0 bridgehead atoms. The first kappa shape index (κ1) is 37.4. The maximum atomic E-state index is 14.0. The number of nitrogens with zero attached hydrogens (tertiary/aromatic N) is 7. The summed E-state index contributed by atoms with van der Waals surface area (Å²) >= 11 is 6.26. The average molecular weight is 803 g/mol. The molecule has 2 saturated heterocycles. The number of carbonyl (C=O) groups excluding carboxylic acids is 6. The molecule has 7 heterocycles. The van der Waals surface area contributed by atoms with Gasteiger partial charge in [0.15, 0.2) is 5.82 Å². The van der Waals surface area contributed by atoms with Gasteiger partial charge >= 0.3 is 0 Å². The predicted molar refractivity (Wildman–Crippen MR) is 201 cm³/mol. The number of alkyl halides is 2. The number of amides is 6. The topological polar surface area (TPSA) is 148 Å². The van der Waals surface area contributed by atoms with Gasteiger partial charge in [-0.2, -0.15) is 5.10 Å². The van der Waals surface area contributed by atoms with Crippen LogP contribution in [0.15, 0.2) is 24.3 Å². The highest BCUT2D eigenvalue weighted by Crippen LogP contribution is 2.43. The van der Waals surface area contributed by atoms with Crippen LogP contribution in [0.3, 0.4) is 0 Å². The van der Waals surface area contributed by atoms with Crippen LogP contribution in [0.1, 0.15) is 106 Å². The Balaban J connectivity index is 0.877. The van der Waals surface area contributed by atoms with Crippen LogP contribution in [-0.2, 0) is 51.7 Å². The third kappa shape index (κ3) is 6.46. The van der Waals surface area contributed by atoms with Gasteiger partial charge in [-0.1, -0.05) is 11.6 Å². The number of nitrogens with one attached hydrogen (secondary N) is 1. The van der Waals surface area contributed by atoms with Gasteiger partial charge in [0.2, 0.25) is 23.6 Å². The molecule has 14 nitrogen and oxygen atoms in total. The van der Waals surface area contributed by atoms with Crippen molar-refractivity contribution >= 4 is 58.5 Å². The van der Waals surface area contributed by atoms with E-state index in [1.807, 2.05) is 14.7 Å². The summed E-state index contributed by atoms with van der Waals surface area (Å²) in [5, 5.41) is 7.43. The zero-order valence-corrected chi connectivity index (χ0v) is 32.1. The van der Waals surface area contributed by atoms with Crippen LogP contribution in [0, 0.1) is 0 Å². The molecule has 0 spiro atoms. The van der Waals surface area contributed by atoms with Crippen molar-refractivity contribution in [2.75, 3.05) is 37.6 Å². The van der Waals surface area contributed by atoms with E-state index in [2.05, 4.69) is 10.00 Å². The molecule has 1 N–H and O–H groups in total. The Labute approximate surface area is 331 Å². The van der Waals surface area contributed by atoms with Gasteiger partial charge in [0.1, 0.15) is 6.04 Å². The summed E-state index contributed by atoms with van der Waals surface area (Å²) in [5.74, 6) is -1.59. The molecule has 2 fully saturated rings. The van der Waals surface area contributed by atoms with Gasteiger partial charge in [-0.25, -0.2) is 8.78 Å². The average Bonchev–Trinajstić information content (AvgIpc) is 3.84. The summed E-state index contributed by atoms with van der Waals surface area (Å²) < 4.78 is 30.0. The van der Waals surface area contributed by atoms with Gasteiger partial charge in [-0.05, 0) is 73.1 Å². The van der Waals surface area contributed by atoms with E-state index >= 15 is 0 Å². The lowest BCUT2D eigenvalue weighted by Gasteiger charge is -2.34. The number of hydrogen-bond acceptors (Lipinski definition) is 9. The maximum Gasteiger partial charge on any atom is 0.265 e. The quantitative estimate of drug-likeness (QED) is 0.365. The molecule has 0 saturated carbocycles. The molecule has 6 aliphatic rings. The zero-order chi connectivity index (χ0) is 39.9.